The van der Waals surface area contributed by atoms with Crippen molar-refractivity contribution in [2.24, 2.45) is 0 Å². The summed E-state index contributed by atoms with van der Waals surface area (Å²) in [6, 6.07) is 5.45. The largest absolute Gasteiger partial charge is 0.341 e. The van der Waals surface area contributed by atoms with E-state index in [0.29, 0.717) is 17.6 Å². The second-order valence-corrected chi connectivity index (χ2v) is 3.14. The predicted molar refractivity (Wildman–Crippen MR) is 57.1 cm³/mol. The van der Waals surface area contributed by atoms with Gasteiger partial charge in [-0.1, -0.05) is 12.0 Å². The van der Waals surface area contributed by atoms with Gasteiger partial charge in [0.25, 0.3) is 5.91 Å². The van der Waals surface area contributed by atoms with Crippen LogP contribution in [0.25, 0.3) is 11.0 Å². The van der Waals surface area contributed by atoms with Crippen LogP contribution in [0.15, 0.2) is 22.8 Å². The highest BCUT2D eigenvalue weighted by atomic mass is 16.6. The average molecular weight is 215 g/mol. The van der Waals surface area contributed by atoms with Crippen LogP contribution in [0.3, 0.4) is 0 Å². The highest BCUT2D eigenvalue weighted by molar-refractivity contribution is 5.93. The number of carbonyl (C=O) groups is 1. The van der Waals surface area contributed by atoms with Gasteiger partial charge in [-0.25, -0.2) is 4.63 Å². The Labute approximate surface area is 91.8 Å². The lowest BCUT2D eigenvalue weighted by molar-refractivity contribution is -0.115. The van der Waals surface area contributed by atoms with E-state index in [4.69, 9.17) is 0 Å². The third kappa shape index (κ3) is 2.17. The molecule has 5 heteroatoms. The van der Waals surface area contributed by atoms with Crippen LogP contribution >= 0.6 is 0 Å². The van der Waals surface area contributed by atoms with Crippen LogP contribution < -0.4 is 5.32 Å². The average Bonchev–Trinajstić information content (AvgIpc) is 2.74. The Kier molecular flexibility index (Phi) is 2.83. The van der Waals surface area contributed by atoms with E-state index in [9.17, 15) is 4.79 Å². The van der Waals surface area contributed by atoms with Crippen molar-refractivity contribution in [1.29, 1.82) is 0 Å². The smallest absolute Gasteiger partial charge is 0.296 e. The molecule has 0 radical (unpaired) electrons. The van der Waals surface area contributed by atoms with Gasteiger partial charge < -0.3 is 5.32 Å². The molecule has 5 nitrogen and oxygen atoms in total. The maximum absolute atomic E-state index is 11.1. The molecule has 2 aromatic rings. The molecule has 0 atom stereocenters. The quantitative estimate of drug-likeness (QED) is 0.754. The maximum atomic E-state index is 11.1. The van der Waals surface area contributed by atoms with Crippen molar-refractivity contribution in [2.75, 3.05) is 0 Å². The van der Waals surface area contributed by atoms with Crippen molar-refractivity contribution < 1.29 is 9.42 Å². The fourth-order valence-corrected chi connectivity index (χ4v) is 1.28. The monoisotopic (exact) mass is 215 g/mol. The Morgan fingerprint density at radius 1 is 1.44 bits per heavy atom. The molecule has 2 rings (SSSR count). The lowest BCUT2D eigenvalue weighted by Crippen LogP contribution is -2.20. The second kappa shape index (κ2) is 4.45. The number of rotatable bonds is 2. The van der Waals surface area contributed by atoms with Gasteiger partial charge >= 0.3 is 0 Å². The molecule has 1 amide bonds. The lowest BCUT2D eigenvalue weighted by Gasteiger charge is -2.00. The van der Waals surface area contributed by atoms with Gasteiger partial charge in [0.1, 0.15) is 11.0 Å². The van der Waals surface area contributed by atoms with Gasteiger partial charge in [-0.3, -0.25) is 4.79 Å². The van der Waals surface area contributed by atoms with Crippen LogP contribution in [0.5, 0.6) is 0 Å². The van der Waals surface area contributed by atoms with Gasteiger partial charge in [0, 0.05) is 6.54 Å². The Hall–Kier alpha value is -2.35. The summed E-state index contributed by atoms with van der Waals surface area (Å²) < 4.78 is 4.57. The standard InChI is InChI=1S/C11H9N3O2/c1-2-3-11(15)12-7-8-4-5-9-10(6-8)14-16-13-9/h4-6H,7H2,1H3,(H,12,15). The minimum absolute atomic E-state index is 0.291. The summed E-state index contributed by atoms with van der Waals surface area (Å²) in [6.07, 6.45) is 0. The van der Waals surface area contributed by atoms with Crippen LogP contribution in [0.2, 0.25) is 0 Å². The SMILES string of the molecule is CC#CC(=O)NCc1ccc2nonc2c1. The summed E-state index contributed by atoms with van der Waals surface area (Å²) in [6.45, 7) is 2.03. The molecular formula is C11H9N3O2. The zero-order valence-electron chi connectivity index (χ0n) is 8.65. The van der Waals surface area contributed by atoms with Crippen LogP contribution in [-0.2, 0) is 11.3 Å². The molecule has 0 fully saturated rings. The molecule has 80 valence electrons. The Morgan fingerprint density at radius 2 is 2.25 bits per heavy atom. The molecule has 0 aliphatic heterocycles. The number of aromatic nitrogens is 2. The molecule has 1 aromatic heterocycles. The van der Waals surface area contributed by atoms with E-state index in [-0.39, 0.29) is 5.91 Å². The molecule has 1 heterocycles. The van der Waals surface area contributed by atoms with Crippen LogP contribution in [0, 0.1) is 11.8 Å². The molecule has 0 spiro atoms. The number of benzene rings is 1. The summed E-state index contributed by atoms with van der Waals surface area (Å²) in [5.41, 5.74) is 2.30. The van der Waals surface area contributed by atoms with E-state index in [2.05, 4.69) is 32.1 Å². The highest BCUT2D eigenvalue weighted by Gasteiger charge is 2.02. The molecular weight excluding hydrogens is 206 g/mol. The zero-order valence-corrected chi connectivity index (χ0v) is 8.65. The van der Waals surface area contributed by atoms with E-state index in [0.717, 1.165) is 5.56 Å². The number of hydrogen-bond donors (Lipinski definition) is 1. The topological polar surface area (TPSA) is 68.0 Å². The molecule has 1 aromatic carbocycles. The Balaban J connectivity index is 2.08. The molecule has 0 aliphatic rings. The fourth-order valence-electron chi connectivity index (χ4n) is 1.28. The van der Waals surface area contributed by atoms with Gasteiger partial charge in [-0.2, -0.15) is 0 Å². The lowest BCUT2D eigenvalue weighted by atomic mass is 10.2. The molecule has 0 saturated carbocycles. The summed E-state index contributed by atoms with van der Waals surface area (Å²) in [4.78, 5) is 11.1. The number of amides is 1. The highest BCUT2D eigenvalue weighted by Crippen LogP contribution is 2.11. The van der Waals surface area contributed by atoms with Gasteiger partial charge in [0.05, 0.1) is 0 Å². The number of fused-ring (bicyclic) bond motifs is 1. The predicted octanol–water partition coefficient (Wildman–Crippen LogP) is 0.862. The van der Waals surface area contributed by atoms with E-state index >= 15 is 0 Å². The van der Waals surface area contributed by atoms with E-state index < -0.39 is 0 Å². The minimum atomic E-state index is -0.291. The number of nitrogens with one attached hydrogen (secondary N) is 1. The first-order valence-corrected chi connectivity index (χ1v) is 4.71. The molecule has 1 N–H and O–H groups in total. The van der Waals surface area contributed by atoms with Crippen LogP contribution in [0.4, 0.5) is 0 Å². The van der Waals surface area contributed by atoms with Crippen molar-refractivity contribution in [3.63, 3.8) is 0 Å². The van der Waals surface area contributed by atoms with E-state index in [1.807, 2.05) is 12.1 Å². The van der Waals surface area contributed by atoms with E-state index in [1.54, 1.807) is 13.0 Å². The fraction of sp³-hybridized carbons (Fsp3) is 0.182. The number of nitrogens with zero attached hydrogens (tertiary/aromatic N) is 2. The molecule has 0 bridgehead atoms. The summed E-state index contributed by atoms with van der Waals surface area (Å²) in [7, 11) is 0. The maximum Gasteiger partial charge on any atom is 0.296 e. The molecule has 16 heavy (non-hydrogen) atoms. The van der Waals surface area contributed by atoms with Crippen molar-refractivity contribution in [2.45, 2.75) is 13.5 Å². The second-order valence-electron chi connectivity index (χ2n) is 3.14. The van der Waals surface area contributed by atoms with Gasteiger partial charge in [0.2, 0.25) is 0 Å². The third-order valence-electron chi connectivity index (χ3n) is 2.01. The first-order chi connectivity index (χ1) is 7.79. The molecule has 0 saturated heterocycles. The van der Waals surface area contributed by atoms with Crippen LogP contribution in [0.1, 0.15) is 12.5 Å². The summed E-state index contributed by atoms with van der Waals surface area (Å²) in [5.74, 6) is 4.64. The van der Waals surface area contributed by atoms with Crippen molar-refractivity contribution >= 4 is 16.9 Å². The molecule has 0 aliphatic carbocycles. The number of carbonyl (C=O) groups excluding carboxylic acids is 1. The van der Waals surface area contributed by atoms with E-state index in [1.165, 1.54) is 0 Å². The first-order valence-electron chi connectivity index (χ1n) is 4.71. The van der Waals surface area contributed by atoms with Crippen molar-refractivity contribution in [3.8, 4) is 11.8 Å². The minimum Gasteiger partial charge on any atom is -0.341 e. The number of hydrogen-bond acceptors (Lipinski definition) is 4. The first kappa shape index (κ1) is 10.2. The van der Waals surface area contributed by atoms with Crippen molar-refractivity contribution in [3.05, 3.63) is 23.8 Å². The van der Waals surface area contributed by atoms with Gasteiger partial charge in [-0.15, -0.1) is 0 Å². The van der Waals surface area contributed by atoms with Crippen molar-refractivity contribution in [1.82, 2.24) is 15.6 Å². The third-order valence-corrected chi connectivity index (χ3v) is 2.01. The summed E-state index contributed by atoms with van der Waals surface area (Å²) in [5, 5.41) is 10.1. The van der Waals surface area contributed by atoms with Gasteiger partial charge in [-0.05, 0) is 40.9 Å². The molecule has 0 unspecified atom stereocenters. The Morgan fingerprint density at radius 3 is 3.06 bits per heavy atom. The normalized spacial score (nSPS) is 9.56. The zero-order chi connectivity index (χ0) is 11.4. The Bertz CT molecular complexity index is 577. The summed E-state index contributed by atoms with van der Waals surface area (Å²) >= 11 is 0. The van der Waals surface area contributed by atoms with Crippen LogP contribution in [-0.4, -0.2) is 16.2 Å². The van der Waals surface area contributed by atoms with Gasteiger partial charge in [0.15, 0.2) is 0 Å².